The van der Waals surface area contributed by atoms with Gasteiger partial charge >= 0.3 is 0 Å². The van der Waals surface area contributed by atoms with Gasteiger partial charge in [-0.2, -0.15) is 0 Å². The highest BCUT2D eigenvalue weighted by atomic mass is 15.1. The lowest BCUT2D eigenvalue weighted by atomic mass is 9.87. The molecule has 0 aliphatic heterocycles. The van der Waals surface area contributed by atoms with E-state index < -0.39 is 0 Å². The molecule has 2 rings (SSSR count). The molecule has 0 saturated carbocycles. The molecule has 0 saturated heterocycles. The Hall–Kier alpha value is -1.80. The minimum Gasteiger partial charge on any atom is -0.399 e. The SMILES string of the molecule is CN(Cc1ccc(N)cc1)Cc1ccc(C(C)(C)C)cc1. The van der Waals surface area contributed by atoms with E-state index in [1.807, 2.05) is 12.1 Å². The summed E-state index contributed by atoms with van der Waals surface area (Å²) in [5.41, 5.74) is 10.8. The molecular weight excluding hydrogens is 256 g/mol. The predicted octanol–water partition coefficient (Wildman–Crippen LogP) is 4.20. The van der Waals surface area contributed by atoms with Crippen LogP contribution in [0.1, 0.15) is 37.5 Å². The standard InChI is InChI=1S/C19H26N2/c1-19(2,3)17-9-5-15(6-10-17)13-21(4)14-16-7-11-18(20)12-8-16/h5-12H,13-14,20H2,1-4H3. The third-order valence-electron chi connectivity index (χ3n) is 3.70. The third kappa shape index (κ3) is 4.61. The fourth-order valence-electron chi connectivity index (χ4n) is 2.41. The maximum Gasteiger partial charge on any atom is 0.0314 e. The molecule has 0 unspecified atom stereocenters. The van der Waals surface area contributed by atoms with Gasteiger partial charge in [-0.1, -0.05) is 57.2 Å². The van der Waals surface area contributed by atoms with Gasteiger partial charge in [0.1, 0.15) is 0 Å². The molecule has 0 atom stereocenters. The van der Waals surface area contributed by atoms with Crippen molar-refractivity contribution in [3.05, 3.63) is 65.2 Å². The summed E-state index contributed by atoms with van der Waals surface area (Å²) in [6.45, 7) is 8.62. The van der Waals surface area contributed by atoms with Crippen molar-refractivity contribution in [2.75, 3.05) is 12.8 Å². The van der Waals surface area contributed by atoms with Crippen LogP contribution in [0.3, 0.4) is 0 Å². The van der Waals surface area contributed by atoms with Crippen molar-refractivity contribution in [3.8, 4) is 0 Å². The van der Waals surface area contributed by atoms with Crippen LogP contribution >= 0.6 is 0 Å². The molecule has 0 aliphatic carbocycles. The Balaban J connectivity index is 1.96. The van der Waals surface area contributed by atoms with E-state index in [2.05, 4.69) is 69.1 Å². The van der Waals surface area contributed by atoms with E-state index in [4.69, 9.17) is 5.73 Å². The van der Waals surface area contributed by atoms with Crippen molar-refractivity contribution in [2.45, 2.75) is 39.3 Å². The van der Waals surface area contributed by atoms with Crippen LogP contribution in [-0.4, -0.2) is 11.9 Å². The first kappa shape index (κ1) is 15.6. The monoisotopic (exact) mass is 282 g/mol. The minimum atomic E-state index is 0.217. The van der Waals surface area contributed by atoms with Gasteiger partial charge in [0, 0.05) is 18.8 Å². The lowest BCUT2D eigenvalue weighted by molar-refractivity contribution is 0.319. The van der Waals surface area contributed by atoms with E-state index in [0.29, 0.717) is 0 Å². The second-order valence-corrected chi connectivity index (χ2v) is 6.86. The molecule has 0 radical (unpaired) electrons. The predicted molar refractivity (Wildman–Crippen MR) is 91.2 cm³/mol. The van der Waals surface area contributed by atoms with Crippen molar-refractivity contribution in [3.63, 3.8) is 0 Å². The average Bonchev–Trinajstić information content (AvgIpc) is 2.41. The number of hydrogen-bond donors (Lipinski definition) is 1. The lowest BCUT2D eigenvalue weighted by Crippen LogP contribution is -2.17. The summed E-state index contributed by atoms with van der Waals surface area (Å²) in [7, 11) is 2.15. The van der Waals surface area contributed by atoms with Gasteiger partial charge in [0.05, 0.1) is 0 Å². The van der Waals surface area contributed by atoms with E-state index in [9.17, 15) is 0 Å². The molecule has 0 heterocycles. The number of nitrogen functional groups attached to an aromatic ring is 1. The molecule has 2 N–H and O–H groups in total. The van der Waals surface area contributed by atoms with Crippen molar-refractivity contribution >= 4 is 5.69 Å². The summed E-state index contributed by atoms with van der Waals surface area (Å²) in [5, 5.41) is 0. The molecule has 0 aromatic heterocycles. The lowest BCUT2D eigenvalue weighted by Gasteiger charge is -2.21. The van der Waals surface area contributed by atoms with Crippen molar-refractivity contribution < 1.29 is 0 Å². The van der Waals surface area contributed by atoms with Gasteiger partial charge in [-0.15, -0.1) is 0 Å². The molecule has 0 fully saturated rings. The number of benzene rings is 2. The second-order valence-electron chi connectivity index (χ2n) is 6.86. The molecule has 0 aliphatic rings. The van der Waals surface area contributed by atoms with Gasteiger partial charge in [-0.3, -0.25) is 4.90 Å². The van der Waals surface area contributed by atoms with Gasteiger partial charge < -0.3 is 5.73 Å². The van der Waals surface area contributed by atoms with Crippen molar-refractivity contribution in [2.24, 2.45) is 0 Å². The van der Waals surface area contributed by atoms with Crippen molar-refractivity contribution in [1.82, 2.24) is 4.90 Å². The van der Waals surface area contributed by atoms with Gasteiger partial charge in [-0.05, 0) is 41.3 Å². The Morgan fingerprint density at radius 3 is 1.67 bits per heavy atom. The van der Waals surface area contributed by atoms with E-state index in [1.165, 1.54) is 16.7 Å². The van der Waals surface area contributed by atoms with Crippen LogP contribution in [0.4, 0.5) is 5.69 Å². The maximum absolute atomic E-state index is 5.72. The first-order chi connectivity index (χ1) is 9.84. The summed E-state index contributed by atoms with van der Waals surface area (Å²) in [6, 6.07) is 17.1. The molecule has 112 valence electrons. The van der Waals surface area contributed by atoms with Crippen LogP contribution in [-0.2, 0) is 18.5 Å². The second kappa shape index (κ2) is 6.31. The smallest absolute Gasteiger partial charge is 0.0314 e. The topological polar surface area (TPSA) is 29.3 Å². The zero-order chi connectivity index (χ0) is 15.5. The molecule has 0 bridgehead atoms. The number of anilines is 1. The number of nitrogens with zero attached hydrogens (tertiary/aromatic N) is 1. The fourth-order valence-corrected chi connectivity index (χ4v) is 2.41. The third-order valence-corrected chi connectivity index (χ3v) is 3.70. The Morgan fingerprint density at radius 2 is 1.24 bits per heavy atom. The zero-order valence-electron chi connectivity index (χ0n) is 13.6. The van der Waals surface area contributed by atoms with Crippen LogP contribution in [0, 0.1) is 0 Å². The molecule has 0 spiro atoms. The van der Waals surface area contributed by atoms with Crippen LogP contribution in [0.15, 0.2) is 48.5 Å². The molecule has 2 heteroatoms. The van der Waals surface area contributed by atoms with E-state index >= 15 is 0 Å². The van der Waals surface area contributed by atoms with Crippen LogP contribution in [0.25, 0.3) is 0 Å². The van der Waals surface area contributed by atoms with Gasteiger partial charge in [0.2, 0.25) is 0 Å². The van der Waals surface area contributed by atoms with Gasteiger partial charge in [0.25, 0.3) is 0 Å². The van der Waals surface area contributed by atoms with Crippen LogP contribution in [0.2, 0.25) is 0 Å². The molecule has 0 amide bonds. The van der Waals surface area contributed by atoms with Gasteiger partial charge in [-0.25, -0.2) is 0 Å². The molecular formula is C19H26N2. The van der Waals surface area contributed by atoms with E-state index in [0.717, 1.165) is 18.8 Å². The summed E-state index contributed by atoms with van der Waals surface area (Å²) in [6.07, 6.45) is 0. The minimum absolute atomic E-state index is 0.217. The Morgan fingerprint density at radius 1 is 0.810 bits per heavy atom. The number of nitrogens with two attached hydrogens (primary N) is 1. The Labute approximate surface area is 128 Å². The first-order valence-corrected chi connectivity index (χ1v) is 7.47. The molecule has 2 nitrogen and oxygen atoms in total. The highest BCUT2D eigenvalue weighted by Crippen LogP contribution is 2.22. The number of rotatable bonds is 4. The quantitative estimate of drug-likeness (QED) is 0.852. The van der Waals surface area contributed by atoms with Crippen molar-refractivity contribution in [1.29, 1.82) is 0 Å². The highest BCUT2D eigenvalue weighted by Gasteiger charge is 2.13. The van der Waals surface area contributed by atoms with Crippen LogP contribution < -0.4 is 5.73 Å². The normalized spacial score (nSPS) is 11.9. The van der Waals surface area contributed by atoms with Crippen LogP contribution in [0.5, 0.6) is 0 Å². The average molecular weight is 282 g/mol. The maximum atomic E-state index is 5.72. The van der Waals surface area contributed by atoms with E-state index in [1.54, 1.807) is 0 Å². The fraction of sp³-hybridized carbons (Fsp3) is 0.368. The molecule has 2 aromatic rings. The first-order valence-electron chi connectivity index (χ1n) is 7.47. The molecule has 2 aromatic carbocycles. The summed E-state index contributed by atoms with van der Waals surface area (Å²) in [4.78, 5) is 2.32. The zero-order valence-corrected chi connectivity index (χ0v) is 13.6. The Bertz CT molecular complexity index is 562. The molecule has 21 heavy (non-hydrogen) atoms. The largest absolute Gasteiger partial charge is 0.399 e. The summed E-state index contributed by atoms with van der Waals surface area (Å²) < 4.78 is 0. The highest BCUT2D eigenvalue weighted by molar-refractivity contribution is 5.39. The summed E-state index contributed by atoms with van der Waals surface area (Å²) >= 11 is 0. The van der Waals surface area contributed by atoms with E-state index in [-0.39, 0.29) is 5.41 Å². The number of hydrogen-bond acceptors (Lipinski definition) is 2. The Kier molecular flexibility index (Phi) is 4.69. The van der Waals surface area contributed by atoms with Gasteiger partial charge in [0.15, 0.2) is 0 Å². The summed E-state index contributed by atoms with van der Waals surface area (Å²) in [5.74, 6) is 0.